The van der Waals surface area contributed by atoms with Crippen molar-refractivity contribution in [3.63, 3.8) is 0 Å². The number of piperazine rings is 1. The first-order valence-corrected chi connectivity index (χ1v) is 8.03. The molecular weight excluding hydrogens is 373 g/mol. The second-order valence-corrected chi connectivity index (χ2v) is 6.41. The predicted molar refractivity (Wildman–Crippen MR) is 97.7 cm³/mol. The van der Waals surface area contributed by atoms with E-state index in [4.69, 9.17) is 0 Å². The van der Waals surface area contributed by atoms with Gasteiger partial charge < -0.3 is 5.32 Å². The van der Waals surface area contributed by atoms with Crippen LogP contribution in [-0.4, -0.2) is 36.1 Å². The number of nitrogens with zero attached hydrogens (tertiary/aromatic N) is 2. The molecule has 1 aliphatic heterocycles. The minimum atomic E-state index is 0. The lowest BCUT2D eigenvalue weighted by molar-refractivity contribution is 0.159. The van der Waals surface area contributed by atoms with Gasteiger partial charge in [0.2, 0.25) is 0 Å². The summed E-state index contributed by atoms with van der Waals surface area (Å²) in [7, 11) is 0. The Bertz CT molecular complexity index is 398. The van der Waals surface area contributed by atoms with Gasteiger partial charge in [0.25, 0.3) is 0 Å². The van der Waals surface area contributed by atoms with Crippen LogP contribution >= 0.6 is 40.7 Å². The van der Waals surface area contributed by atoms with Gasteiger partial charge in [-0.1, -0.05) is 19.9 Å². The Hall–Kier alpha value is 0.130. The standard InChI is InChI=1S/C15H24BrN3.2ClH/c1-12(2)5-6-14(19-10-8-17-9-11-19)13-4-3-7-18-15(13)16;;/h3-4,7,12,14,17H,5-6,8-11H2,1-2H3;2*1H/t14-;;/m1../s1. The van der Waals surface area contributed by atoms with E-state index in [1.807, 2.05) is 12.3 Å². The molecule has 1 fully saturated rings. The van der Waals surface area contributed by atoms with Gasteiger partial charge in [-0.15, -0.1) is 24.8 Å². The number of rotatable bonds is 5. The average Bonchev–Trinajstić information content (AvgIpc) is 2.42. The zero-order valence-corrected chi connectivity index (χ0v) is 15.9. The second kappa shape index (κ2) is 10.8. The van der Waals surface area contributed by atoms with Gasteiger partial charge in [-0.05, 0) is 40.8 Å². The second-order valence-electron chi connectivity index (χ2n) is 5.66. The van der Waals surface area contributed by atoms with E-state index in [-0.39, 0.29) is 24.8 Å². The summed E-state index contributed by atoms with van der Waals surface area (Å²) in [5, 5.41) is 3.43. The molecule has 1 aromatic heterocycles. The third kappa shape index (κ3) is 6.41. The molecule has 0 aliphatic carbocycles. The molecule has 0 radical (unpaired) electrons. The Labute approximate surface area is 149 Å². The van der Waals surface area contributed by atoms with Crippen LogP contribution in [0.4, 0.5) is 0 Å². The Kier molecular flexibility index (Phi) is 10.9. The smallest absolute Gasteiger partial charge is 0.110 e. The van der Waals surface area contributed by atoms with Crippen LogP contribution in [0, 0.1) is 5.92 Å². The fraction of sp³-hybridized carbons (Fsp3) is 0.667. The summed E-state index contributed by atoms with van der Waals surface area (Å²) in [6, 6.07) is 4.75. The molecule has 1 atom stereocenters. The molecule has 2 rings (SSSR count). The van der Waals surface area contributed by atoms with E-state index >= 15 is 0 Å². The molecule has 6 heteroatoms. The molecule has 122 valence electrons. The van der Waals surface area contributed by atoms with E-state index in [0.29, 0.717) is 6.04 Å². The molecule has 0 saturated carbocycles. The molecule has 0 unspecified atom stereocenters. The Morgan fingerprint density at radius 2 is 1.90 bits per heavy atom. The van der Waals surface area contributed by atoms with Gasteiger partial charge in [0.1, 0.15) is 4.60 Å². The van der Waals surface area contributed by atoms with Crippen LogP contribution in [0.2, 0.25) is 0 Å². The highest BCUT2D eigenvalue weighted by molar-refractivity contribution is 9.10. The van der Waals surface area contributed by atoms with Crippen molar-refractivity contribution >= 4 is 40.7 Å². The van der Waals surface area contributed by atoms with Gasteiger partial charge >= 0.3 is 0 Å². The van der Waals surface area contributed by atoms with Gasteiger partial charge in [-0.25, -0.2) is 4.98 Å². The molecule has 21 heavy (non-hydrogen) atoms. The monoisotopic (exact) mass is 397 g/mol. The van der Waals surface area contributed by atoms with Crippen molar-refractivity contribution in [3.05, 3.63) is 28.5 Å². The SMILES string of the molecule is CC(C)CC[C@H](c1cccnc1Br)N1CCNCC1.Cl.Cl. The van der Waals surface area contributed by atoms with E-state index in [0.717, 1.165) is 36.7 Å². The van der Waals surface area contributed by atoms with Gasteiger partial charge in [-0.3, -0.25) is 4.90 Å². The van der Waals surface area contributed by atoms with Gasteiger partial charge in [0.15, 0.2) is 0 Å². The van der Waals surface area contributed by atoms with Crippen LogP contribution in [0.1, 0.15) is 38.3 Å². The van der Waals surface area contributed by atoms with Crippen molar-refractivity contribution in [2.75, 3.05) is 26.2 Å². The number of hydrogen-bond donors (Lipinski definition) is 1. The first kappa shape index (κ1) is 21.1. The highest BCUT2D eigenvalue weighted by Crippen LogP contribution is 2.31. The maximum absolute atomic E-state index is 4.40. The summed E-state index contributed by atoms with van der Waals surface area (Å²) in [6.45, 7) is 9.04. The lowest BCUT2D eigenvalue weighted by Gasteiger charge is -2.35. The fourth-order valence-corrected chi connectivity index (χ4v) is 3.18. The van der Waals surface area contributed by atoms with Crippen molar-refractivity contribution in [2.45, 2.75) is 32.7 Å². The third-order valence-electron chi connectivity index (χ3n) is 3.76. The van der Waals surface area contributed by atoms with Crippen LogP contribution in [0.5, 0.6) is 0 Å². The number of nitrogens with one attached hydrogen (secondary N) is 1. The average molecular weight is 399 g/mol. The van der Waals surface area contributed by atoms with Crippen molar-refractivity contribution in [3.8, 4) is 0 Å². The summed E-state index contributed by atoms with van der Waals surface area (Å²) in [4.78, 5) is 6.99. The Morgan fingerprint density at radius 3 is 2.48 bits per heavy atom. The van der Waals surface area contributed by atoms with Crippen molar-refractivity contribution in [2.24, 2.45) is 5.92 Å². The molecule has 0 spiro atoms. The number of halogens is 3. The van der Waals surface area contributed by atoms with Crippen LogP contribution in [0.3, 0.4) is 0 Å². The first-order valence-electron chi connectivity index (χ1n) is 7.23. The van der Waals surface area contributed by atoms with Crippen LogP contribution in [-0.2, 0) is 0 Å². The van der Waals surface area contributed by atoms with Crippen molar-refractivity contribution in [1.82, 2.24) is 15.2 Å². The zero-order valence-electron chi connectivity index (χ0n) is 12.7. The van der Waals surface area contributed by atoms with Gasteiger partial charge in [0.05, 0.1) is 0 Å². The molecule has 2 heterocycles. The summed E-state index contributed by atoms with van der Waals surface area (Å²) >= 11 is 3.62. The zero-order chi connectivity index (χ0) is 13.7. The molecular formula is C15H26BrCl2N3. The minimum Gasteiger partial charge on any atom is -0.314 e. The fourth-order valence-electron chi connectivity index (χ4n) is 2.67. The highest BCUT2D eigenvalue weighted by Gasteiger charge is 2.24. The topological polar surface area (TPSA) is 28.2 Å². The summed E-state index contributed by atoms with van der Waals surface area (Å²) in [6.07, 6.45) is 4.32. The minimum absolute atomic E-state index is 0. The van der Waals surface area contributed by atoms with E-state index in [1.54, 1.807) is 0 Å². The maximum Gasteiger partial charge on any atom is 0.110 e. The highest BCUT2D eigenvalue weighted by atomic mass is 79.9. The largest absolute Gasteiger partial charge is 0.314 e. The number of pyridine rings is 1. The van der Waals surface area contributed by atoms with E-state index in [9.17, 15) is 0 Å². The molecule has 0 bridgehead atoms. The molecule has 1 aliphatic rings. The van der Waals surface area contributed by atoms with Crippen LogP contribution in [0.15, 0.2) is 22.9 Å². The lowest BCUT2D eigenvalue weighted by atomic mass is 9.97. The number of hydrogen-bond acceptors (Lipinski definition) is 3. The van der Waals surface area contributed by atoms with E-state index in [2.05, 4.69) is 51.0 Å². The third-order valence-corrected chi connectivity index (χ3v) is 4.42. The van der Waals surface area contributed by atoms with E-state index < -0.39 is 0 Å². The molecule has 0 aromatic carbocycles. The van der Waals surface area contributed by atoms with Gasteiger partial charge in [-0.2, -0.15) is 0 Å². The van der Waals surface area contributed by atoms with E-state index in [1.165, 1.54) is 18.4 Å². The Balaban J connectivity index is 0.00000200. The van der Waals surface area contributed by atoms with Crippen molar-refractivity contribution in [1.29, 1.82) is 0 Å². The van der Waals surface area contributed by atoms with Crippen LogP contribution in [0.25, 0.3) is 0 Å². The molecule has 1 saturated heterocycles. The number of aromatic nitrogens is 1. The van der Waals surface area contributed by atoms with Crippen LogP contribution < -0.4 is 5.32 Å². The molecule has 3 nitrogen and oxygen atoms in total. The summed E-state index contributed by atoms with van der Waals surface area (Å²) in [5.41, 5.74) is 1.34. The lowest BCUT2D eigenvalue weighted by Crippen LogP contribution is -2.45. The summed E-state index contributed by atoms with van der Waals surface area (Å²) in [5.74, 6) is 0.751. The maximum atomic E-state index is 4.40. The summed E-state index contributed by atoms with van der Waals surface area (Å²) < 4.78 is 1.00. The normalized spacial score (nSPS) is 17.0. The predicted octanol–water partition coefficient (Wildman–Crippen LogP) is 4.07. The van der Waals surface area contributed by atoms with Crippen molar-refractivity contribution < 1.29 is 0 Å². The molecule has 1 aromatic rings. The first-order chi connectivity index (χ1) is 9.18. The van der Waals surface area contributed by atoms with Gasteiger partial charge in [0, 0.05) is 44.0 Å². The molecule has 1 N–H and O–H groups in total. The molecule has 0 amide bonds. The quantitative estimate of drug-likeness (QED) is 0.757. The Morgan fingerprint density at radius 1 is 1.24 bits per heavy atom.